The number of halogens is 2. The van der Waals surface area contributed by atoms with Crippen LogP contribution in [0, 0.1) is 23.7 Å². The van der Waals surface area contributed by atoms with Crippen molar-refractivity contribution in [3.8, 4) is 0 Å². The molecule has 0 aliphatic heterocycles. The Kier molecular flexibility index (Phi) is 5.66. The first-order valence-corrected chi connectivity index (χ1v) is 9.61. The predicted octanol–water partition coefficient (Wildman–Crippen LogP) is 3.25. The molecule has 2 rings (SSSR count). The molecule has 2 saturated carbocycles. The Morgan fingerprint density at radius 2 is 1.96 bits per heavy atom. The van der Waals surface area contributed by atoms with Crippen LogP contribution in [0.5, 0.6) is 0 Å². The van der Waals surface area contributed by atoms with Crippen LogP contribution in [0.4, 0.5) is 8.78 Å². The summed E-state index contributed by atoms with van der Waals surface area (Å²) in [7, 11) is -5.78. The minimum atomic E-state index is -5.78. The Balaban J connectivity index is 1.73. The van der Waals surface area contributed by atoms with E-state index in [1.54, 1.807) is 0 Å². The van der Waals surface area contributed by atoms with Crippen LogP contribution in [0.3, 0.4) is 0 Å². The molecule has 0 aromatic rings. The summed E-state index contributed by atoms with van der Waals surface area (Å²) in [4.78, 5) is 11.1. The molecule has 4 unspecified atom stereocenters. The molecule has 0 saturated heterocycles. The van der Waals surface area contributed by atoms with Gasteiger partial charge in [-0.15, -0.1) is 0 Å². The van der Waals surface area contributed by atoms with Gasteiger partial charge < -0.3 is 4.74 Å². The van der Waals surface area contributed by atoms with Gasteiger partial charge in [0.1, 0.15) is 0 Å². The van der Waals surface area contributed by atoms with Crippen LogP contribution in [0.1, 0.15) is 51.9 Å². The standard InChI is InChI=1S/C15H24F2O5S/c1-2-10-6-11-8-12(13(7-10)9-11)4-3-5-22-14(18)15(16,17)23(19,20)21/h10-13H,2-9H2,1H3,(H,19,20,21). The lowest BCUT2D eigenvalue weighted by molar-refractivity contribution is -0.161. The van der Waals surface area contributed by atoms with Crippen LogP contribution in [0.2, 0.25) is 0 Å². The highest BCUT2D eigenvalue weighted by Crippen LogP contribution is 2.50. The number of esters is 1. The molecule has 23 heavy (non-hydrogen) atoms. The molecule has 5 nitrogen and oxygen atoms in total. The van der Waals surface area contributed by atoms with E-state index in [-0.39, 0.29) is 6.61 Å². The number of hydrogen-bond donors (Lipinski definition) is 1. The quantitative estimate of drug-likeness (QED) is 0.431. The molecule has 2 aliphatic carbocycles. The third-order valence-electron chi connectivity index (χ3n) is 5.33. The van der Waals surface area contributed by atoms with Crippen LogP contribution in [0.25, 0.3) is 0 Å². The maximum atomic E-state index is 13.0. The lowest BCUT2D eigenvalue weighted by Crippen LogP contribution is -2.39. The minimum absolute atomic E-state index is 0.255. The van der Waals surface area contributed by atoms with Crippen molar-refractivity contribution in [2.24, 2.45) is 23.7 Å². The highest BCUT2D eigenvalue weighted by atomic mass is 32.2. The Hall–Kier alpha value is -0.760. The topological polar surface area (TPSA) is 80.7 Å². The number of alkyl halides is 2. The molecule has 0 aromatic heterocycles. The fourth-order valence-corrected chi connectivity index (χ4v) is 4.47. The van der Waals surface area contributed by atoms with E-state index in [1.807, 2.05) is 0 Å². The van der Waals surface area contributed by atoms with Crippen molar-refractivity contribution in [1.29, 1.82) is 0 Å². The fraction of sp³-hybridized carbons (Fsp3) is 0.933. The predicted molar refractivity (Wildman–Crippen MR) is 79.4 cm³/mol. The zero-order valence-electron chi connectivity index (χ0n) is 13.2. The SMILES string of the molecule is CCC1CC2CC(CCCOC(=O)C(F)(F)S(=O)(=O)O)C(C1)C2. The highest BCUT2D eigenvalue weighted by Gasteiger charge is 2.54. The van der Waals surface area contributed by atoms with Crippen molar-refractivity contribution in [2.45, 2.75) is 57.1 Å². The molecular formula is C15H24F2O5S. The molecule has 2 fully saturated rings. The van der Waals surface area contributed by atoms with E-state index in [0.29, 0.717) is 18.3 Å². The smallest absolute Gasteiger partial charge is 0.460 e. The minimum Gasteiger partial charge on any atom is -0.460 e. The lowest BCUT2D eigenvalue weighted by Gasteiger charge is -2.28. The second-order valence-corrected chi connectivity index (χ2v) is 8.34. The van der Waals surface area contributed by atoms with Gasteiger partial charge in [0.15, 0.2) is 0 Å². The summed E-state index contributed by atoms with van der Waals surface area (Å²) in [6.07, 6.45) is 7.30. The number of carbonyl (C=O) groups is 1. The average Bonchev–Trinajstić information content (AvgIpc) is 2.75. The summed E-state index contributed by atoms with van der Waals surface area (Å²) in [6, 6.07) is 0. The Bertz CT molecular complexity index is 534. The third-order valence-corrected chi connectivity index (χ3v) is 6.15. The zero-order chi connectivity index (χ0) is 17.3. The third kappa shape index (κ3) is 4.21. The van der Waals surface area contributed by atoms with Crippen LogP contribution >= 0.6 is 0 Å². The van der Waals surface area contributed by atoms with Gasteiger partial charge >= 0.3 is 21.3 Å². The van der Waals surface area contributed by atoms with Crippen molar-refractivity contribution in [3.05, 3.63) is 0 Å². The van der Waals surface area contributed by atoms with Gasteiger partial charge in [-0.25, -0.2) is 4.79 Å². The van der Waals surface area contributed by atoms with Crippen molar-refractivity contribution in [2.75, 3.05) is 6.61 Å². The van der Waals surface area contributed by atoms with Gasteiger partial charge in [-0.2, -0.15) is 17.2 Å². The molecule has 2 aliphatic rings. The molecule has 0 spiro atoms. The molecular weight excluding hydrogens is 330 g/mol. The van der Waals surface area contributed by atoms with Gasteiger partial charge in [0.25, 0.3) is 0 Å². The molecule has 0 aromatic carbocycles. The van der Waals surface area contributed by atoms with E-state index >= 15 is 0 Å². The summed E-state index contributed by atoms with van der Waals surface area (Å²) in [5.41, 5.74) is 0. The molecule has 0 heterocycles. The summed E-state index contributed by atoms with van der Waals surface area (Å²) >= 11 is 0. The van der Waals surface area contributed by atoms with Gasteiger partial charge in [-0.3, -0.25) is 4.55 Å². The number of hydrogen-bond acceptors (Lipinski definition) is 4. The largest absolute Gasteiger partial charge is 0.465 e. The van der Waals surface area contributed by atoms with Gasteiger partial charge in [0.05, 0.1) is 6.61 Å². The van der Waals surface area contributed by atoms with E-state index in [9.17, 15) is 22.0 Å². The van der Waals surface area contributed by atoms with E-state index in [0.717, 1.165) is 24.7 Å². The van der Waals surface area contributed by atoms with Crippen molar-refractivity contribution < 1.29 is 31.3 Å². The number of fused-ring (bicyclic) bond motifs is 2. The van der Waals surface area contributed by atoms with Crippen LogP contribution < -0.4 is 0 Å². The number of carbonyl (C=O) groups excluding carboxylic acids is 1. The Morgan fingerprint density at radius 3 is 2.57 bits per heavy atom. The number of rotatable bonds is 7. The van der Waals surface area contributed by atoms with Crippen molar-refractivity contribution >= 4 is 16.1 Å². The molecule has 4 atom stereocenters. The van der Waals surface area contributed by atoms with Gasteiger partial charge in [-0.05, 0) is 62.2 Å². The van der Waals surface area contributed by atoms with E-state index < -0.39 is 21.3 Å². The van der Waals surface area contributed by atoms with Gasteiger partial charge in [0, 0.05) is 0 Å². The zero-order valence-corrected chi connectivity index (χ0v) is 14.0. The lowest BCUT2D eigenvalue weighted by atomic mass is 9.78. The normalized spacial score (nSPS) is 31.1. The maximum absolute atomic E-state index is 13.0. The van der Waals surface area contributed by atoms with E-state index in [4.69, 9.17) is 4.55 Å². The first-order chi connectivity index (χ1) is 10.6. The second-order valence-electron chi connectivity index (χ2n) is 6.87. The van der Waals surface area contributed by atoms with E-state index in [2.05, 4.69) is 11.7 Å². The summed E-state index contributed by atoms with van der Waals surface area (Å²) in [5, 5.41) is -4.90. The van der Waals surface area contributed by atoms with Crippen LogP contribution in [-0.2, 0) is 19.6 Å². The van der Waals surface area contributed by atoms with Gasteiger partial charge in [0.2, 0.25) is 0 Å². The first-order valence-electron chi connectivity index (χ1n) is 8.17. The fourth-order valence-electron chi connectivity index (χ4n) is 4.20. The molecule has 0 radical (unpaired) electrons. The molecule has 2 bridgehead atoms. The summed E-state index contributed by atoms with van der Waals surface area (Å²) < 4.78 is 59.5. The molecule has 1 N–H and O–H groups in total. The second kappa shape index (κ2) is 7.01. The van der Waals surface area contributed by atoms with E-state index in [1.165, 1.54) is 25.7 Å². The number of ether oxygens (including phenoxy) is 1. The van der Waals surface area contributed by atoms with Crippen molar-refractivity contribution in [3.63, 3.8) is 0 Å². The highest BCUT2D eigenvalue weighted by molar-refractivity contribution is 7.87. The Morgan fingerprint density at radius 1 is 1.26 bits per heavy atom. The first kappa shape index (κ1) is 18.6. The van der Waals surface area contributed by atoms with Crippen molar-refractivity contribution in [1.82, 2.24) is 0 Å². The molecule has 8 heteroatoms. The molecule has 0 amide bonds. The van der Waals surface area contributed by atoms with Crippen LogP contribution in [0.15, 0.2) is 0 Å². The average molecular weight is 354 g/mol. The molecule has 134 valence electrons. The summed E-state index contributed by atoms with van der Waals surface area (Å²) in [5.74, 6) is 0.548. The Labute approximate surface area is 135 Å². The monoisotopic (exact) mass is 354 g/mol. The summed E-state index contributed by atoms with van der Waals surface area (Å²) in [6.45, 7) is 1.95. The van der Waals surface area contributed by atoms with Crippen LogP contribution in [-0.4, -0.2) is 30.8 Å². The van der Waals surface area contributed by atoms with Gasteiger partial charge in [-0.1, -0.05) is 13.3 Å². The maximum Gasteiger partial charge on any atom is 0.465 e.